The molecule has 1 aliphatic heterocycles. The number of hydrogen-bond acceptors (Lipinski definition) is 5. The summed E-state index contributed by atoms with van der Waals surface area (Å²) in [5.41, 5.74) is 3.52. The Hall–Kier alpha value is -3.98. The smallest absolute Gasteiger partial charge is 0.231 e. The Balaban J connectivity index is 1.39. The number of ether oxygens (including phenoxy) is 3. The molecule has 1 aliphatic rings. The van der Waals surface area contributed by atoms with Crippen LogP contribution in [0.4, 0.5) is 5.69 Å². The lowest BCUT2D eigenvalue weighted by Gasteiger charge is -2.25. The van der Waals surface area contributed by atoms with Crippen molar-refractivity contribution in [3.05, 3.63) is 83.4 Å². The molecular weight excluding hydrogens is 416 g/mol. The normalized spacial score (nSPS) is 14.4. The van der Waals surface area contributed by atoms with Gasteiger partial charge in [0.1, 0.15) is 30.5 Å². The van der Waals surface area contributed by atoms with Gasteiger partial charge in [-0.1, -0.05) is 30.3 Å². The molecule has 168 valence electrons. The van der Waals surface area contributed by atoms with Crippen molar-refractivity contribution in [3.63, 3.8) is 0 Å². The van der Waals surface area contributed by atoms with Crippen LogP contribution in [0.2, 0.25) is 0 Å². The monoisotopic (exact) mass is 442 g/mol. The quantitative estimate of drug-likeness (QED) is 0.536. The highest BCUT2D eigenvalue weighted by Crippen LogP contribution is 2.31. The first-order valence-corrected chi connectivity index (χ1v) is 11.0. The lowest BCUT2D eigenvalue weighted by atomic mass is 9.95. The van der Waals surface area contributed by atoms with Crippen LogP contribution in [0.3, 0.4) is 0 Å². The summed E-state index contributed by atoms with van der Waals surface area (Å²) < 4.78 is 17.3. The van der Waals surface area contributed by atoms with Crippen LogP contribution in [0.5, 0.6) is 17.2 Å². The van der Waals surface area contributed by atoms with E-state index in [9.17, 15) is 4.79 Å². The van der Waals surface area contributed by atoms with Gasteiger partial charge >= 0.3 is 0 Å². The van der Waals surface area contributed by atoms with Crippen LogP contribution >= 0.6 is 0 Å². The molecule has 3 aromatic rings. The van der Waals surface area contributed by atoms with Crippen LogP contribution in [0.1, 0.15) is 23.6 Å². The summed E-state index contributed by atoms with van der Waals surface area (Å²) in [7, 11) is 0. The van der Waals surface area contributed by atoms with Gasteiger partial charge in [0.25, 0.3) is 0 Å². The highest BCUT2D eigenvalue weighted by molar-refractivity contribution is 5.93. The van der Waals surface area contributed by atoms with Crippen molar-refractivity contribution in [2.75, 3.05) is 18.5 Å². The number of nitrogens with one attached hydrogen (secondary N) is 1. The summed E-state index contributed by atoms with van der Waals surface area (Å²) in [5, 5.41) is 11.8. The fraction of sp³-hybridized carbons (Fsp3) is 0.259. The number of amides is 1. The molecule has 6 nitrogen and oxygen atoms in total. The highest BCUT2D eigenvalue weighted by Gasteiger charge is 2.27. The second-order valence-electron chi connectivity index (χ2n) is 7.83. The van der Waals surface area contributed by atoms with Gasteiger partial charge in [-0.2, -0.15) is 5.26 Å². The minimum absolute atomic E-state index is 0.0873. The van der Waals surface area contributed by atoms with Crippen molar-refractivity contribution < 1.29 is 19.0 Å². The van der Waals surface area contributed by atoms with Gasteiger partial charge in [-0.3, -0.25) is 4.79 Å². The number of carbonyl (C=O) groups is 1. The molecule has 0 bridgehead atoms. The van der Waals surface area contributed by atoms with E-state index in [2.05, 4.69) is 11.4 Å². The van der Waals surface area contributed by atoms with Crippen LogP contribution in [0.15, 0.2) is 66.7 Å². The Morgan fingerprint density at radius 3 is 2.67 bits per heavy atom. The van der Waals surface area contributed by atoms with Crippen LogP contribution in [-0.2, 0) is 24.2 Å². The Morgan fingerprint density at radius 1 is 1.09 bits per heavy atom. The van der Waals surface area contributed by atoms with Crippen molar-refractivity contribution >= 4 is 11.6 Å². The number of hydrogen-bond donors (Lipinski definition) is 1. The molecule has 1 amide bonds. The third kappa shape index (κ3) is 5.64. The second kappa shape index (κ2) is 10.6. The van der Waals surface area contributed by atoms with Crippen LogP contribution in [0, 0.1) is 17.2 Å². The SMILES string of the molecule is CCOc1ccc2c(c1)CC(C(=O)Nc1ccccc1COc1ccc(CC#N)cc1)CO2. The van der Waals surface area contributed by atoms with E-state index < -0.39 is 0 Å². The number of rotatable bonds is 8. The first-order chi connectivity index (χ1) is 16.2. The van der Waals surface area contributed by atoms with Gasteiger partial charge in [-0.05, 0) is 60.9 Å². The predicted molar refractivity (Wildman–Crippen MR) is 125 cm³/mol. The van der Waals surface area contributed by atoms with E-state index in [1.165, 1.54) is 0 Å². The Bertz CT molecular complexity index is 1150. The molecule has 1 atom stereocenters. The third-order valence-electron chi connectivity index (χ3n) is 5.50. The maximum Gasteiger partial charge on any atom is 0.231 e. The minimum Gasteiger partial charge on any atom is -0.494 e. The fourth-order valence-corrected chi connectivity index (χ4v) is 3.75. The average Bonchev–Trinajstić information content (AvgIpc) is 2.84. The molecule has 0 fully saturated rings. The van der Waals surface area contributed by atoms with E-state index in [0.717, 1.165) is 33.9 Å². The summed E-state index contributed by atoms with van der Waals surface area (Å²) in [6.07, 6.45) is 0.966. The molecule has 1 heterocycles. The molecule has 33 heavy (non-hydrogen) atoms. The van der Waals surface area contributed by atoms with Crippen molar-refractivity contribution in [2.24, 2.45) is 5.92 Å². The molecule has 0 aliphatic carbocycles. The van der Waals surface area contributed by atoms with Crippen molar-refractivity contribution in [1.29, 1.82) is 5.26 Å². The Labute approximate surface area is 193 Å². The zero-order chi connectivity index (χ0) is 23.0. The molecule has 0 aromatic heterocycles. The Kier molecular flexibility index (Phi) is 7.11. The molecular formula is C27H26N2O4. The largest absolute Gasteiger partial charge is 0.494 e. The van der Waals surface area contributed by atoms with Gasteiger partial charge in [0.15, 0.2) is 0 Å². The van der Waals surface area contributed by atoms with E-state index in [4.69, 9.17) is 19.5 Å². The second-order valence-corrected chi connectivity index (χ2v) is 7.83. The number of nitriles is 1. The van der Waals surface area contributed by atoms with Crippen molar-refractivity contribution in [2.45, 2.75) is 26.4 Å². The molecule has 6 heteroatoms. The molecule has 0 radical (unpaired) electrons. The van der Waals surface area contributed by atoms with Crippen molar-refractivity contribution in [1.82, 2.24) is 0 Å². The van der Waals surface area contributed by atoms with Crippen LogP contribution < -0.4 is 19.5 Å². The zero-order valence-electron chi connectivity index (χ0n) is 18.5. The van der Waals surface area contributed by atoms with Crippen LogP contribution in [-0.4, -0.2) is 19.1 Å². The molecule has 0 spiro atoms. The molecule has 4 rings (SSSR count). The summed E-state index contributed by atoms with van der Waals surface area (Å²) >= 11 is 0. The van der Waals surface area contributed by atoms with E-state index in [0.29, 0.717) is 38.4 Å². The highest BCUT2D eigenvalue weighted by atomic mass is 16.5. The average molecular weight is 443 g/mol. The molecule has 1 N–H and O–H groups in total. The van der Waals surface area contributed by atoms with E-state index in [1.54, 1.807) is 0 Å². The van der Waals surface area contributed by atoms with Gasteiger partial charge in [0.05, 0.1) is 25.0 Å². The maximum atomic E-state index is 13.0. The van der Waals surface area contributed by atoms with Gasteiger partial charge in [0.2, 0.25) is 5.91 Å². The first kappa shape index (κ1) is 22.2. The Morgan fingerprint density at radius 2 is 1.88 bits per heavy atom. The van der Waals surface area contributed by atoms with Gasteiger partial charge < -0.3 is 19.5 Å². The zero-order valence-corrected chi connectivity index (χ0v) is 18.5. The number of fused-ring (bicyclic) bond motifs is 1. The summed E-state index contributed by atoms with van der Waals surface area (Å²) in [5.74, 6) is 1.91. The number of para-hydroxylation sites is 1. The van der Waals surface area contributed by atoms with Gasteiger partial charge in [0, 0.05) is 11.3 Å². The molecule has 0 saturated carbocycles. The summed E-state index contributed by atoms with van der Waals surface area (Å²) in [6, 6.07) is 22.9. The number of anilines is 1. The fourth-order valence-electron chi connectivity index (χ4n) is 3.75. The lowest BCUT2D eigenvalue weighted by Crippen LogP contribution is -2.32. The predicted octanol–water partition coefficient (Wildman–Crippen LogP) is 4.92. The minimum atomic E-state index is -0.295. The summed E-state index contributed by atoms with van der Waals surface area (Å²) in [4.78, 5) is 13.0. The van der Waals surface area contributed by atoms with Crippen molar-refractivity contribution in [3.8, 4) is 23.3 Å². The standard InChI is InChI=1S/C27H26N2O4/c1-2-31-24-11-12-26-21(16-24)15-22(18-33-26)27(30)29-25-6-4-3-5-20(25)17-32-23-9-7-19(8-10-23)13-14-28/h3-12,16,22H,2,13,15,17-18H2,1H3,(H,29,30). The van der Waals surface area contributed by atoms with E-state index >= 15 is 0 Å². The molecule has 1 unspecified atom stereocenters. The maximum absolute atomic E-state index is 13.0. The van der Waals surface area contributed by atoms with Gasteiger partial charge in [-0.15, -0.1) is 0 Å². The number of nitrogens with zero attached hydrogens (tertiary/aromatic N) is 1. The van der Waals surface area contributed by atoms with Gasteiger partial charge in [-0.25, -0.2) is 0 Å². The number of benzene rings is 3. The molecule has 3 aromatic carbocycles. The first-order valence-electron chi connectivity index (χ1n) is 11.0. The summed E-state index contributed by atoms with van der Waals surface area (Å²) in [6.45, 7) is 3.18. The van der Waals surface area contributed by atoms with Crippen LogP contribution in [0.25, 0.3) is 0 Å². The lowest BCUT2D eigenvalue weighted by molar-refractivity contribution is -0.121. The number of carbonyl (C=O) groups excluding carboxylic acids is 1. The third-order valence-corrected chi connectivity index (χ3v) is 5.50. The van der Waals surface area contributed by atoms with E-state index in [1.807, 2.05) is 73.7 Å². The topological polar surface area (TPSA) is 80.6 Å². The molecule has 0 saturated heterocycles. The van der Waals surface area contributed by atoms with E-state index in [-0.39, 0.29) is 11.8 Å².